The van der Waals surface area contributed by atoms with Crippen LogP contribution >= 0.6 is 22.7 Å². The van der Waals surface area contributed by atoms with Crippen molar-refractivity contribution in [2.75, 3.05) is 37.8 Å². The highest BCUT2D eigenvalue weighted by atomic mass is 32.1. The number of nitrogens with zero attached hydrogens (tertiary/aromatic N) is 2. The highest BCUT2D eigenvalue weighted by Crippen LogP contribution is 2.35. The van der Waals surface area contributed by atoms with Gasteiger partial charge in [-0.25, -0.2) is 9.78 Å². The van der Waals surface area contributed by atoms with Crippen LogP contribution in [0.15, 0.2) is 6.07 Å². The molecule has 0 bridgehead atoms. The Morgan fingerprint density at radius 1 is 1.47 bits per heavy atom. The molecule has 0 saturated carbocycles. The molecule has 7 heteroatoms. The highest BCUT2D eigenvalue weighted by Gasteiger charge is 2.18. The van der Waals surface area contributed by atoms with Crippen molar-refractivity contribution in [2.24, 2.45) is 0 Å². The fourth-order valence-corrected chi connectivity index (χ4v) is 4.07. The molecule has 19 heavy (non-hydrogen) atoms. The third-order valence-electron chi connectivity index (χ3n) is 2.84. The minimum atomic E-state index is -0.259. The number of hydrogen-bond donors (Lipinski definition) is 0. The maximum Gasteiger partial charge on any atom is 0.348 e. The molecule has 3 heterocycles. The molecule has 1 aliphatic heterocycles. The Labute approximate surface area is 118 Å². The number of carbonyl (C=O) groups excluding carboxylic acids is 1. The van der Waals surface area contributed by atoms with Crippen LogP contribution in [0, 0.1) is 0 Å². The van der Waals surface area contributed by atoms with E-state index < -0.39 is 0 Å². The number of carbonyl (C=O) groups is 1. The lowest BCUT2D eigenvalue weighted by Crippen LogP contribution is -2.36. The zero-order chi connectivity index (χ0) is 13.2. The molecule has 1 fully saturated rings. The molecule has 0 atom stereocenters. The molecular formula is C12H14N2O3S2. The first kappa shape index (κ1) is 12.8. The molecule has 0 unspecified atom stereocenters. The van der Waals surface area contributed by atoms with Gasteiger partial charge in [-0.15, -0.1) is 11.3 Å². The molecule has 0 spiro atoms. The molecule has 1 aliphatic rings. The van der Waals surface area contributed by atoms with Crippen LogP contribution in [-0.4, -0.2) is 43.9 Å². The van der Waals surface area contributed by atoms with Crippen molar-refractivity contribution in [2.45, 2.75) is 6.92 Å². The van der Waals surface area contributed by atoms with Gasteiger partial charge in [-0.1, -0.05) is 11.3 Å². The number of morpholine rings is 1. The number of thiazole rings is 1. The number of fused-ring (bicyclic) bond motifs is 1. The summed E-state index contributed by atoms with van der Waals surface area (Å²) in [4.78, 5) is 20.0. The van der Waals surface area contributed by atoms with Gasteiger partial charge in [0.1, 0.15) is 9.71 Å². The number of esters is 1. The van der Waals surface area contributed by atoms with Gasteiger partial charge in [0.15, 0.2) is 5.13 Å². The number of aromatic nitrogens is 1. The minimum absolute atomic E-state index is 0.259. The quantitative estimate of drug-likeness (QED) is 0.814. The van der Waals surface area contributed by atoms with Crippen LogP contribution in [0.1, 0.15) is 16.6 Å². The highest BCUT2D eigenvalue weighted by molar-refractivity contribution is 7.29. The Morgan fingerprint density at radius 3 is 2.95 bits per heavy atom. The van der Waals surface area contributed by atoms with E-state index in [1.54, 1.807) is 11.3 Å². The fraction of sp³-hybridized carbons (Fsp3) is 0.500. The first-order chi connectivity index (χ1) is 9.28. The first-order valence-corrected chi connectivity index (χ1v) is 7.81. The van der Waals surface area contributed by atoms with Gasteiger partial charge in [-0.2, -0.15) is 0 Å². The Hall–Kier alpha value is -1.18. The third-order valence-corrected chi connectivity index (χ3v) is 5.04. The predicted molar refractivity (Wildman–Crippen MR) is 76.5 cm³/mol. The summed E-state index contributed by atoms with van der Waals surface area (Å²) in [5.74, 6) is -0.259. The molecule has 3 rings (SSSR count). The van der Waals surface area contributed by atoms with Gasteiger partial charge in [0.05, 0.1) is 24.5 Å². The molecule has 0 aliphatic carbocycles. The number of hydrogen-bond acceptors (Lipinski definition) is 7. The Balaban J connectivity index is 1.82. The topological polar surface area (TPSA) is 51.7 Å². The summed E-state index contributed by atoms with van der Waals surface area (Å²) >= 11 is 3.02. The van der Waals surface area contributed by atoms with E-state index in [9.17, 15) is 4.79 Å². The van der Waals surface area contributed by atoms with E-state index in [1.165, 1.54) is 11.3 Å². The number of rotatable bonds is 3. The second kappa shape index (κ2) is 5.44. The van der Waals surface area contributed by atoms with E-state index >= 15 is 0 Å². The van der Waals surface area contributed by atoms with Crippen LogP contribution in [0.4, 0.5) is 5.13 Å². The van der Waals surface area contributed by atoms with E-state index in [4.69, 9.17) is 9.47 Å². The van der Waals surface area contributed by atoms with Crippen LogP contribution in [0.25, 0.3) is 9.53 Å². The number of thiophene rings is 1. The number of ether oxygens (including phenoxy) is 2. The van der Waals surface area contributed by atoms with Gasteiger partial charge in [-0.3, -0.25) is 0 Å². The molecule has 2 aromatic heterocycles. The van der Waals surface area contributed by atoms with Crippen LogP contribution in [0.3, 0.4) is 0 Å². The Bertz CT molecular complexity index is 555. The third kappa shape index (κ3) is 2.58. The zero-order valence-electron chi connectivity index (χ0n) is 10.5. The van der Waals surface area contributed by atoms with E-state index in [1.807, 2.05) is 13.0 Å². The van der Waals surface area contributed by atoms with Gasteiger partial charge in [0, 0.05) is 13.1 Å². The van der Waals surface area contributed by atoms with Gasteiger partial charge in [0.2, 0.25) is 0 Å². The standard InChI is InChI=1S/C12H14N2O3S2/c1-2-17-11(15)9-7-8-10(18-9)13-12(19-8)14-3-5-16-6-4-14/h7H,2-6H2,1H3. The van der Waals surface area contributed by atoms with Gasteiger partial charge in [0.25, 0.3) is 0 Å². The molecule has 0 aromatic carbocycles. The summed E-state index contributed by atoms with van der Waals surface area (Å²) < 4.78 is 11.4. The average Bonchev–Trinajstić information content (AvgIpc) is 2.98. The fourth-order valence-electron chi connectivity index (χ4n) is 1.92. The van der Waals surface area contributed by atoms with Crippen molar-refractivity contribution < 1.29 is 14.3 Å². The smallest absolute Gasteiger partial charge is 0.348 e. The van der Waals surface area contributed by atoms with E-state index in [0.717, 1.165) is 41.0 Å². The van der Waals surface area contributed by atoms with Crippen LogP contribution in [-0.2, 0) is 9.47 Å². The number of anilines is 1. The van der Waals surface area contributed by atoms with Crippen molar-refractivity contribution in [1.82, 2.24) is 4.98 Å². The summed E-state index contributed by atoms with van der Waals surface area (Å²) in [7, 11) is 0. The summed E-state index contributed by atoms with van der Waals surface area (Å²) in [5.41, 5.74) is 0. The van der Waals surface area contributed by atoms with Crippen molar-refractivity contribution in [3.8, 4) is 0 Å². The van der Waals surface area contributed by atoms with Gasteiger partial charge < -0.3 is 14.4 Å². The first-order valence-electron chi connectivity index (χ1n) is 6.18. The molecule has 1 saturated heterocycles. The Morgan fingerprint density at radius 2 is 2.26 bits per heavy atom. The van der Waals surface area contributed by atoms with Crippen molar-refractivity contribution >= 4 is 43.3 Å². The maximum atomic E-state index is 11.6. The summed E-state index contributed by atoms with van der Waals surface area (Å²) in [5, 5.41) is 1.01. The summed E-state index contributed by atoms with van der Waals surface area (Å²) in [6.07, 6.45) is 0. The molecule has 0 amide bonds. The lowest BCUT2D eigenvalue weighted by Gasteiger charge is -2.25. The molecule has 2 aromatic rings. The van der Waals surface area contributed by atoms with Crippen LogP contribution < -0.4 is 4.90 Å². The molecular weight excluding hydrogens is 284 g/mol. The van der Waals surface area contributed by atoms with Crippen molar-refractivity contribution in [3.63, 3.8) is 0 Å². The monoisotopic (exact) mass is 298 g/mol. The largest absolute Gasteiger partial charge is 0.462 e. The van der Waals surface area contributed by atoms with E-state index in [-0.39, 0.29) is 5.97 Å². The van der Waals surface area contributed by atoms with Crippen LogP contribution in [0.5, 0.6) is 0 Å². The molecule has 0 radical (unpaired) electrons. The van der Waals surface area contributed by atoms with E-state index in [2.05, 4.69) is 9.88 Å². The van der Waals surface area contributed by atoms with Gasteiger partial charge in [-0.05, 0) is 13.0 Å². The predicted octanol–water partition coefficient (Wildman–Crippen LogP) is 2.37. The second-order valence-corrected chi connectivity index (χ2v) is 6.14. The van der Waals surface area contributed by atoms with E-state index in [0.29, 0.717) is 11.5 Å². The molecule has 0 N–H and O–H groups in total. The van der Waals surface area contributed by atoms with Gasteiger partial charge >= 0.3 is 5.97 Å². The SMILES string of the molecule is CCOC(=O)c1cc2sc(N3CCOCC3)nc2s1. The normalized spacial score (nSPS) is 15.9. The molecule has 102 valence electrons. The van der Waals surface area contributed by atoms with Crippen molar-refractivity contribution in [1.29, 1.82) is 0 Å². The van der Waals surface area contributed by atoms with Crippen LogP contribution in [0.2, 0.25) is 0 Å². The summed E-state index contributed by atoms with van der Waals surface area (Å²) in [6.45, 7) is 5.47. The Kier molecular flexibility index (Phi) is 3.67. The lowest BCUT2D eigenvalue weighted by atomic mass is 10.4. The lowest BCUT2D eigenvalue weighted by molar-refractivity contribution is 0.0532. The molecule has 5 nitrogen and oxygen atoms in total. The maximum absolute atomic E-state index is 11.6. The second-order valence-electron chi connectivity index (χ2n) is 4.10. The average molecular weight is 298 g/mol. The zero-order valence-corrected chi connectivity index (χ0v) is 12.2. The summed E-state index contributed by atoms with van der Waals surface area (Å²) in [6, 6.07) is 1.87. The minimum Gasteiger partial charge on any atom is -0.462 e. The van der Waals surface area contributed by atoms with Crippen molar-refractivity contribution in [3.05, 3.63) is 10.9 Å².